The maximum absolute atomic E-state index is 11.0. The summed E-state index contributed by atoms with van der Waals surface area (Å²) in [6, 6.07) is 5.83. The van der Waals surface area contributed by atoms with E-state index in [9.17, 15) is 9.90 Å². The van der Waals surface area contributed by atoms with E-state index in [1.807, 2.05) is 18.2 Å². The van der Waals surface area contributed by atoms with E-state index in [4.69, 9.17) is 11.6 Å². The molecule has 1 aliphatic rings. The van der Waals surface area contributed by atoms with Gasteiger partial charge in [0.25, 0.3) is 0 Å². The summed E-state index contributed by atoms with van der Waals surface area (Å²) in [7, 11) is 0. The summed E-state index contributed by atoms with van der Waals surface area (Å²) in [6.45, 7) is 3.20. The maximum Gasteiger partial charge on any atom is 0.217 e. The molecule has 19 heavy (non-hydrogen) atoms. The van der Waals surface area contributed by atoms with Gasteiger partial charge >= 0.3 is 0 Å². The predicted octanol–water partition coefficient (Wildman–Crippen LogP) is 1.94. The molecule has 0 saturated carbocycles. The van der Waals surface area contributed by atoms with Crippen molar-refractivity contribution in [3.05, 3.63) is 28.8 Å². The minimum Gasteiger partial charge on any atom is -0.392 e. The Hall–Kier alpha value is -1.26. The smallest absolute Gasteiger partial charge is 0.217 e. The van der Waals surface area contributed by atoms with Crippen LogP contribution in [-0.2, 0) is 11.4 Å². The Morgan fingerprint density at radius 3 is 2.74 bits per heavy atom. The van der Waals surface area contributed by atoms with Gasteiger partial charge in [0.05, 0.1) is 17.3 Å². The van der Waals surface area contributed by atoms with Crippen molar-refractivity contribution in [2.45, 2.75) is 32.4 Å². The second-order valence-electron chi connectivity index (χ2n) is 4.87. The number of anilines is 1. The molecule has 1 aromatic rings. The Bertz CT molecular complexity index is 457. The Morgan fingerprint density at radius 2 is 2.16 bits per heavy atom. The highest BCUT2D eigenvalue weighted by Crippen LogP contribution is 2.32. The lowest BCUT2D eigenvalue weighted by Crippen LogP contribution is -2.44. The van der Waals surface area contributed by atoms with Gasteiger partial charge in [0.2, 0.25) is 5.91 Å². The highest BCUT2D eigenvalue weighted by molar-refractivity contribution is 6.33. The number of nitrogens with one attached hydrogen (secondary N) is 1. The van der Waals surface area contributed by atoms with Crippen LogP contribution in [0.5, 0.6) is 0 Å². The maximum atomic E-state index is 11.0. The van der Waals surface area contributed by atoms with Gasteiger partial charge in [0.15, 0.2) is 0 Å². The third kappa shape index (κ3) is 3.39. The minimum atomic E-state index is -0.0124. The molecule has 0 aliphatic carbocycles. The fourth-order valence-corrected chi connectivity index (χ4v) is 2.89. The van der Waals surface area contributed by atoms with E-state index >= 15 is 0 Å². The Morgan fingerprint density at radius 1 is 1.47 bits per heavy atom. The number of piperidine rings is 1. The fraction of sp³-hybridized carbons (Fsp3) is 0.500. The SMILES string of the molecule is CC(=O)NC1CCN(c2c(Cl)cccc2CO)CC1. The van der Waals surface area contributed by atoms with Crippen molar-refractivity contribution in [3.8, 4) is 0 Å². The number of halogens is 1. The summed E-state index contributed by atoms with van der Waals surface area (Å²) in [6.07, 6.45) is 1.80. The second-order valence-corrected chi connectivity index (χ2v) is 5.27. The summed E-state index contributed by atoms with van der Waals surface area (Å²) in [5, 5.41) is 13.0. The van der Waals surface area contributed by atoms with Gasteiger partial charge in [-0.05, 0) is 18.9 Å². The van der Waals surface area contributed by atoms with Crippen LogP contribution in [0.2, 0.25) is 5.02 Å². The van der Waals surface area contributed by atoms with Crippen LogP contribution in [0.25, 0.3) is 0 Å². The highest BCUT2D eigenvalue weighted by atomic mass is 35.5. The van der Waals surface area contributed by atoms with E-state index in [0.29, 0.717) is 5.02 Å². The van der Waals surface area contributed by atoms with Crippen molar-refractivity contribution in [3.63, 3.8) is 0 Å². The summed E-state index contributed by atoms with van der Waals surface area (Å²) in [5.41, 5.74) is 1.78. The van der Waals surface area contributed by atoms with Gasteiger partial charge in [-0.2, -0.15) is 0 Å². The zero-order chi connectivity index (χ0) is 13.8. The number of benzene rings is 1. The molecule has 0 spiro atoms. The Kier molecular flexibility index (Phi) is 4.66. The third-order valence-corrected chi connectivity index (χ3v) is 3.76. The van der Waals surface area contributed by atoms with Crippen molar-refractivity contribution >= 4 is 23.2 Å². The number of carbonyl (C=O) groups excluding carboxylic acids is 1. The molecule has 1 saturated heterocycles. The van der Waals surface area contributed by atoms with Crippen LogP contribution in [0.15, 0.2) is 18.2 Å². The van der Waals surface area contributed by atoms with Crippen LogP contribution >= 0.6 is 11.6 Å². The van der Waals surface area contributed by atoms with Crippen LogP contribution in [-0.4, -0.2) is 30.1 Å². The monoisotopic (exact) mass is 282 g/mol. The normalized spacial score (nSPS) is 16.5. The molecule has 1 aromatic carbocycles. The van der Waals surface area contributed by atoms with Gasteiger partial charge in [0, 0.05) is 31.6 Å². The van der Waals surface area contributed by atoms with Crippen LogP contribution in [0, 0.1) is 0 Å². The molecule has 1 aliphatic heterocycles. The van der Waals surface area contributed by atoms with Crippen LogP contribution in [0.1, 0.15) is 25.3 Å². The lowest BCUT2D eigenvalue weighted by atomic mass is 10.0. The second kappa shape index (κ2) is 6.26. The molecule has 2 N–H and O–H groups in total. The molecular weight excluding hydrogens is 264 g/mol. The van der Waals surface area contributed by atoms with E-state index in [-0.39, 0.29) is 18.6 Å². The summed E-state index contributed by atoms with van der Waals surface area (Å²) < 4.78 is 0. The Labute approximate surface area is 118 Å². The van der Waals surface area contributed by atoms with Gasteiger partial charge < -0.3 is 15.3 Å². The minimum absolute atomic E-state index is 0.0124. The van der Waals surface area contributed by atoms with E-state index in [0.717, 1.165) is 37.2 Å². The van der Waals surface area contributed by atoms with Crippen LogP contribution in [0.4, 0.5) is 5.69 Å². The average Bonchev–Trinajstić information content (AvgIpc) is 2.39. The van der Waals surface area contributed by atoms with Gasteiger partial charge in [-0.25, -0.2) is 0 Å². The van der Waals surface area contributed by atoms with Crippen molar-refractivity contribution < 1.29 is 9.90 Å². The largest absolute Gasteiger partial charge is 0.392 e. The number of rotatable bonds is 3. The first kappa shape index (κ1) is 14.2. The number of carbonyl (C=O) groups is 1. The molecule has 104 valence electrons. The molecule has 0 aromatic heterocycles. The summed E-state index contributed by atoms with van der Waals surface area (Å²) in [4.78, 5) is 13.2. The highest BCUT2D eigenvalue weighted by Gasteiger charge is 2.22. The van der Waals surface area contributed by atoms with Crippen molar-refractivity contribution in [1.82, 2.24) is 5.32 Å². The number of hydrogen-bond donors (Lipinski definition) is 2. The van der Waals surface area contributed by atoms with Crippen molar-refractivity contribution in [2.75, 3.05) is 18.0 Å². The molecule has 5 heteroatoms. The first-order valence-corrected chi connectivity index (χ1v) is 6.90. The standard InChI is InChI=1S/C14H19ClN2O2/c1-10(19)16-12-5-7-17(8-6-12)14-11(9-18)3-2-4-13(14)15/h2-4,12,18H,5-9H2,1H3,(H,16,19). The topological polar surface area (TPSA) is 52.6 Å². The van der Waals surface area contributed by atoms with Gasteiger partial charge in [-0.3, -0.25) is 4.79 Å². The van der Waals surface area contributed by atoms with E-state index < -0.39 is 0 Å². The molecule has 1 fully saturated rings. The summed E-state index contributed by atoms with van der Waals surface area (Å²) >= 11 is 6.24. The molecule has 1 heterocycles. The lowest BCUT2D eigenvalue weighted by molar-refractivity contribution is -0.119. The zero-order valence-corrected chi connectivity index (χ0v) is 11.8. The lowest BCUT2D eigenvalue weighted by Gasteiger charge is -2.35. The first-order valence-electron chi connectivity index (χ1n) is 6.52. The Balaban J connectivity index is 2.07. The number of aliphatic hydroxyl groups is 1. The molecule has 0 unspecified atom stereocenters. The van der Waals surface area contributed by atoms with E-state index in [2.05, 4.69) is 10.2 Å². The zero-order valence-electron chi connectivity index (χ0n) is 11.0. The van der Waals surface area contributed by atoms with Gasteiger partial charge in [-0.1, -0.05) is 23.7 Å². The molecule has 0 atom stereocenters. The number of aliphatic hydroxyl groups excluding tert-OH is 1. The van der Waals surface area contributed by atoms with E-state index in [1.165, 1.54) is 0 Å². The quantitative estimate of drug-likeness (QED) is 0.891. The van der Waals surface area contributed by atoms with E-state index in [1.54, 1.807) is 6.92 Å². The number of nitrogens with zero attached hydrogens (tertiary/aromatic N) is 1. The number of para-hydroxylation sites is 1. The average molecular weight is 283 g/mol. The molecule has 2 rings (SSSR count). The molecule has 0 radical (unpaired) electrons. The van der Waals surface area contributed by atoms with Crippen LogP contribution in [0.3, 0.4) is 0 Å². The first-order chi connectivity index (χ1) is 9.11. The molecule has 4 nitrogen and oxygen atoms in total. The molecule has 0 bridgehead atoms. The van der Waals surface area contributed by atoms with Crippen molar-refractivity contribution in [2.24, 2.45) is 0 Å². The number of hydrogen-bond acceptors (Lipinski definition) is 3. The summed E-state index contributed by atoms with van der Waals surface area (Å²) in [5.74, 6) is 0.0206. The van der Waals surface area contributed by atoms with Crippen molar-refractivity contribution in [1.29, 1.82) is 0 Å². The molecule has 1 amide bonds. The third-order valence-electron chi connectivity index (χ3n) is 3.46. The number of amides is 1. The fourth-order valence-electron chi connectivity index (χ4n) is 2.58. The van der Waals surface area contributed by atoms with Gasteiger partial charge in [-0.15, -0.1) is 0 Å². The van der Waals surface area contributed by atoms with Gasteiger partial charge in [0.1, 0.15) is 0 Å². The predicted molar refractivity (Wildman–Crippen MR) is 76.4 cm³/mol. The van der Waals surface area contributed by atoms with Crippen LogP contribution < -0.4 is 10.2 Å². The molecular formula is C14H19ClN2O2.